The second-order valence-corrected chi connectivity index (χ2v) is 7.37. The number of hydrogen-bond acceptors (Lipinski definition) is 4. The van der Waals surface area contributed by atoms with Crippen molar-refractivity contribution in [2.45, 2.75) is 63.9 Å². The normalized spacial score (nSPS) is 32.6. The molecule has 0 bridgehead atoms. The molecule has 3 atom stereocenters. The molecule has 3 heterocycles. The summed E-state index contributed by atoms with van der Waals surface area (Å²) in [5.41, 5.74) is 1.06. The first kappa shape index (κ1) is 15.0. The number of nitrogens with one attached hydrogen (secondary N) is 1. The highest BCUT2D eigenvalue weighted by atomic mass is 32.1. The van der Waals surface area contributed by atoms with Crippen LogP contribution in [-0.2, 0) is 9.53 Å². The maximum absolute atomic E-state index is 12.8. The topological polar surface area (TPSA) is 41.6 Å². The molecule has 3 unspecified atom stereocenters. The summed E-state index contributed by atoms with van der Waals surface area (Å²) in [5, 5.41) is 7.73. The van der Waals surface area contributed by atoms with Crippen LogP contribution in [0.25, 0.3) is 0 Å². The smallest absolute Gasteiger partial charge is 0.241 e. The molecular weight excluding hydrogens is 284 g/mol. The van der Waals surface area contributed by atoms with E-state index in [9.17, 15) is 4.79 Å². The Bertz CT molecular complexity index is 500. The minimum absolute atomic E-state index is 0.0209. The Balaban J connectivity index is 1.87. The van der Waals surface area contributed by atoms with Gasteiger partial charge in [0.05, 0.1) is 11.6 Å². The van der Waals surface area contributed by atoms with Crippen molar-refractivity contribution in [3.8, 4) is 0 Å². The SMILES string of the molecule is CCC1NC(c2ccsc2)N(C2CCOC(C)(C)C2)C1=O. The fraction of sp³-hybridized carbons (Fsp3) is 0.688. The first-order valence-corrected chi connectivity index (χ1v) is 8.70. The summed E-state index contributed by atoms with van der Waals surface area (Å²) in [6.07, 6.45) is 2.68. The van der Waals surface area contributed by atoms with E-state index in [4.69, 9.17) is 4.74 Å². The van der Waals surface area contributed by atoms with Crippen LogP contribution in [0.15, 0.2) is 16.8 Å². The third-order valence-corrected chi connectivity index (χ3v) is 5.22. The number of thiophene rings is 1. The van der Waals surface area contributed by atoms with E-state index in [1.165, 1.54) is 5.56 Å². The van der Waals surface area contributed by atoms with E-state index < -0.39 is 0 Å². The molecule has 1 aromatic heterocycles. The fourth-order valence-corrected chi connectivity index (χ4v) is 4.14. The predicted molar refractivity (Wildman–Crippen MR) is 84.2 cm³/mol. The molecule has 1 aromatic rings. The van der Waals surface area contributed by atoms with Gasteiger partial charge in [-0.15, -0.1) is 0 Å². The fourth-order valence-electron chi connectivity index (χ4n) is 3.46. The van der Waals surface area contributed by atoms with Crippen LogP contribution in [0, 0.1) is 0 Å². The summed E-state index contributed by atoms with van der Waals surface area (Å²) in [7, 11) is 0. The van der Waals surface area contributed by atoms with E-state index in [0.29, 0.717) is 0 Å². The Kier molecular flexibility index (Phi) is 4.08. The van der Waals surface area contributed by atoms with Gasteiger partial charge < -0.3 is 9.64 Å². The average molecular weight is 308 g/mol. The highest BCUT2D eigenvalue weighted by molar-refractivity contribution is 7.07. The van der Waals surface area contributed by atoms with Crippen molar-refractivity contribution in [3.05, 3.63) is 22.4 Å². The molecule has 3 rings (SSSR count). The maximum Gasteiger partial charge on any atom is 0.241 e. The number of ether oxygens (including phenoxy) is 1. The van der Waals surface area contributed by atoms with E-state index >= 15 is 0 Å². The molecule has 4 nitrogen and oxygen atoms in total. The number of amides is 1. The van der Waals surface area contributed by atoms with Gasteiger partial charge in [0, 0.05) is 12.6 Å². The first-order chi connectivity index (χ1) is 10.0. The van der Waals surface area contributed by atoms with Gasteiger partial charge in [-0.2, -0.15) is 11.3 Å². The lowest BCUT2D eigenvalue weighted by Gasteiger charge is -2.41. The lowest BCUT2D eigenvalue weighted by molar-refractivity contribution is -0.139. The van der Waals surface area contributed by atoms with Gasteiger partial charge in [-0.25, -0.2) is 0 Å². The molecule has 2 aliphatic rings. The van der Waals surface area contributed by atoms with Gasteiger partial charge in [-0.3, -0.25) is 10.1 Å². The zero-order valence-corrected chi connectivity index (χ0v) is 13.8. The third kappa shape index (κ3) is 2.87. The molecule has 0 aromatic carbocycles. The van der Waals surface area contributed by atoms with Crippen molar-refractivity contribution >= 4 is 17.2 Å². The van der Waals surface area contributed by atoms with Crippen LogP contribution in [0.3, 0.4) is 0 Å². The number of carbonyl (C=O) groups is 1. The monoisotopic (exact) mass is 308 g/mol. The van der Waals surface area contributed by atoms with Crippen LogP contribution in [0.4, 0.5) is 0 Å². The van der Waals surface area contributed by atoms with Crippen molar-refractivity contribution in [3.63, 3.8) is 0 Å². The van der Waals surface area contributed by atoms with Gasteiger partial charge in [-0.05, 0) is 55.5 Å². The molecule has 0 aliphatic carbocycles. The largest absolute Gasteiger partial charge is 0.375 e. The van der Waals surface area contributed by atoms with E-state index in [2.05, 4.69) is 47.8 Å². The molecule has 1 N–H and O–H groups in total. The zero-order chi connectivity index (χ0) is 15.0. The molecule has 2 fully saturated rings. The number of carbonyl (C=O) groups excluding carboxylic acids is 1. The van der Waals surface area contributed by atoms with Crippen molar-refractivity contribution in [2.24, 2.45) is 0 Å². The Morgan fingerprint density at radius 1 is 1.52 bits per heavy atom. The van der Waals surface area contributed by atoms with E-state index in [-0.39, 0.29) is 29.8 Å². The summed E-state index contributed by atoms with van der Waals surface area (Å²) in [6, 6.07) is 2.32. The van der Waals surface area contributed by atoms with Crippen LogP contribution in [-0.4, -0.2) is 35.1 Å². The van der Waals surface area contributed by atoms with Crippen LogP contribution in [0.1, 0.15) is 51.8 Å². The van der Waals surface area contributed by atoms with Crippen LogP contribution >= 0.6 is 11.3 Å². The maximum atomic E-state index is 12.8. The molecule has 0 saturated carbocycles. The number of hydrogen-bond donors (Lipinski definition) is 1. The van der Waals surface area contributed by atoms with Crippen molar-refractivity contribution in [2.75, 3.05) is 6.61 Å². The lowest BCUT2D eigenvalue weighted by atomic mass is 9.92. The third-order valence-electron chi connectivity index (χ3n) is 4.52. The summed E-state index contributed by atoms with van der Waals surface area (Å²) in [5.74, 6) is 0.247. The van der Waals surface area contributed by atoms with Crippen LogP contribution in [0.5, 0.6) is 0 Å². The van der Waals surface area contributed by atoms with Crippen molar-refractivity contribution in [1.29, 1.82) is 0 Å². The molecule has 2 aliphatic heterocycles. The number of nitrogens with zero attached hydrogens (tertiary/aromatic N) is 1. The van der Waals surface area contributed by atoms with Crippen LogP contribution < -0.4 is 5.32 Å². The minimum atomic E-state index is -0.146. The summed E-state index contributed by atoms with van der Waals surface area (Å²) < 4.78 is 5.81. The van der Waals surface area contributed by atoms with Gasteiger partial charge in [0.25, 0.3) is 0 Å². The quantitative estimate of drug-likeness (QED) is 0.933. The highest BCUT2D eigenvalue weighted by Gasteiger charge is 2.45. The lowest BCUT2D eigenvalue weighted by Crippen LogP contribution is -2.48. The molecule has 21 heavy (non-hydrogen) atoms. The van der Waals surface area contributed by atoms with Gasteiger partial charge in [0.15, 0.2) is 0 Å². The summed E-state index contributed by atoms with van der Waals surface area (Å²) >= 11 is 1.68. The number of rotatable bonds is 3. The predicted octanol–water partition coefficient (Wildman–Crippen LogP) is 2.91. The first-order valence-electron chi connectivity index (χ1n) is 7.76. The second kappa shape index (κ2) is 5.71. The average Bonchev–Trinajstić information content (AvgIpc) is 3.04. The second-order valence-electron chi connectivity index (χ2n) is 6.59. The zero-order valence-electron chi connectivity index (χ0n) is 13.0. The van der Waals surface area contributed by atoms with E-state index in [1.807, 2.05) is 0 Å². The highest BCUT2D eigenvalue weighted by Crippen LogP contribution is 2.36. The molecular formula is C16H24N2O2S. The molecule has 5 heteroatoms. The Morgan fingerprint density at radius 2 is 2.33 bits per heavy atom. The van der Waals surface area contributed by atoms with Gasteiger partial charge in [0.2, 0.25) is 5.91 Å². The van der Waals surface area contributed by atoms with E-state index in [1.54, 1.807) is 11.3 Å². The molecule has 2 saturated heterocycles. The molecule has 0 spiro atoms. The van der Waals surface area contributed by atoms with Gasteiger partial charge >= 0.3 is 0 Å². The minimum Gasteiger partial charge on any atom is -0.375 e. The Labute approximate surface area is 130 Å². The molecule has 0 radical (unpaired) electrons. The molecule has 1 amide bonds. The molecule has 116 valence electrons. The van der Waals surface area contributed by atoms with E-state index in [0.717, 1.165) is 25.9 Å². The Hall–Kier alpha value is -0.910. The van der Waals surface area contributed by atoms with Crippen molar-refractivity contribution in [1.82, 2.24) is 10.2 Å². The summed E-state index contributed by atoms with van der Waals surface area (Å²) in [6.45, 7) is 7.03. The van der Waals surface area contributed by atoms with Gasteiger partial charge in [-0.1, -0.05) is 6.92 Å². The summed E-state index contributed by atoms with van der Waals surface area (Å²) in [4.78, 5) is 14.9. The van der Waals surface area contributed by atoms with Crippen LogP contribution in [0.2, 0.25) is 0 Å². The van der Waals surface area contributed by atoms with Crippen molar-refractivity contribution < 1.29 is 9.53 Å². The van der Waals surface area contributed by atoms with Gasteiger partial charge in [0.1, 0.15) is 6.17 Å². The Morgan fingerprint density at radius 3 is 2.95 bits per heavy atom. The standard InChI is InChI=1S/C16H24N2O2S/c1-4-13-15(19)18(12-5-7-20-16(2,3)9-12)14(17-13)11-6-8-21-10-11/h6,8,10,12-14,17H,4-5,7,9H2,1-3H3.